The van der Waals surface area contributed by atoms with Crippen molar-refractivity contribution in [2.24, 2.45) is 7.05 Å². The van der Waals surface area contributed by atoms with Gasteiger partial charge in [-0.05, 0) is 61.7 Å². The number of H-pyrrole nitrogens is 1. The number of rotatable bonds is 10. The van der Waals surface area contributed by atoms with Crippen LogP contribution in [0.25, 0.3) is 0 Å². The lowest BCUT2D eigenvalue weighted by Crippen LogP contribution is -2.29. The third kappa shape index (κ3) is 6.81. The highest BCUT2D eigenvalue weighted by Crippen LogP contribution is 2.17. The van der Waals surface area contributed by atoms with Gasteiger partial charge in [0.05, 0.1) is 6.61 Å². The molecule has 0 amide bonds. The van der Waals surface area contributed by atoms with Crippen molar-refractivity contribution < 1.29 is 4.74 Å². The number of aromatic amines is 1. The minimum Gasteiger partial charge on any atom is -0.494 e. The summed E-state index contributed by atoms with van der Waals surface area (Å²) < 4.78 is 7.42. The Morgan fingerprint density at radius 3 is 2.74 bits per heavy atom. The minimum atomic E-state index is -0.208. The van der Waals surface area contributed by atoms with Crippen LogP contribution < -0.4 is 21.2 Å². The van der Waals surface area contributed by atoms with E-state index >= 15 is 0 Å². The molecule has 0 atom stereocenters. The molecule has 180 valence electrons. The van der Waals surface area contributed by atoms with Crippen LogP contribution in [0.5, 0.6) is 5.75 Å². The second-order valence-electron chi connectivity index (χ2n) is 8.86. The van der Waals surface area contributed by atoms with Gasteiger partial charge in [0, 0.05) is 50.6 Å². The highest BCUT2D eigenvalue weighted by molar-refractivity contribution is 5.29. The summed E-state index contributed by atoms with van der Waals surface area (Å²) in [6.07, 6.45) is 8.32. The Hall–Kier alpha value is -3.39. The number of hydrogen-bond acceptors (Lipinski definition) is 6. The smallest absolute Gasteiger partial charge is 0.255 e. The van der Waals surface area contributed by atoms with E-state index in [1.165, 1.54) is 48.5 Å². The predicted octanol–water partition coefficient (Wildman–Crippen LogP) is 2.93. The van der Waals surface area contributed by atoms with Crippen LogP contribution in [-0.4, -0.2) is 45.7 Å². The van der Waals surface area contributed by atoms with Crippen molar-refractivity contribution in [1.82, 2.24) is 19.4 Å². The number of anilines is 1. The summed E-state index contributed by atoms with van der Waals surface area (Å²) >= 11 is 0. The van der Waals surface area contributed by atoms with Gasteiger partial charge >= 0.3 is 0 Å². The van der Waals surface area contributed by atoms with Crippen molar-refractivity contribution in [2.45, 2.75) is 38.6 Å². The fourth-order valence-corrected chi connectivity index (χ4v) is 4.13. The highest BCUT2D eigenvalue weighted by atomic mass is 16.5. The fourth-order valence-electron chi connectivity index (χ4n) is 4.13. The van der Waals surface area contributed by atoms with Crippen molar-refractivity contribution in [3.8, 4) is 5.75 Å². The number of benzene rings is 1. The summed E-state index contributed by atoms with van der Waals surface area (Å²) in [5.41, 5.74) is 2.28. The maximum absolute atomic E-state index is 12.4. The lowest BCUT2D eigenvalue weighted by atomic mass is 10.1. The molecule has 1 saturated heterocycles. The number of likely N-dealkylation sites (tertiary alicyclic amines) is 1. The standard InChI is InChI=1S/C26H33N5O3/c1-30-13-9-20(17-24(30)32)15-22-18-28-26(29-25(22)33)27-10-6-14-34-23-8-5-7-21(16-23)19-31-11-3-2-4-12-31/h5,7-9,13,16-18H,2-4,6,10-12,14-15,19H2,1H3,(H2,27,28,29,33). The largest absolute Gasteiger partial charge is 0.494 e. The number of nitrogens with one attached hydrogen (secondary N) is 2. The number of ether oxygens (including phenoxy) is 1. The van der Waals surface area contributed by atoms with E-state index in [-0.39, 0.29) is 11.1 Å². The maximum Gasteiger partial charge on any atom is 0.255 e. The molecular formula is C26H33N5O3. The number of aromatic nitrogens is 3. The van der Waals surface area contributed by atoms with Gasteiger partial charge in [-0.2, -0.15) is 0 Å². The average molecular weight is 464 g/mol. The zero-order chi connectivity index (χ0) is 23.8. The van der Waals surface area contributed by atoms with Gasteiger partial charge in [0.15, 0.2) is 0 Å². The summed E-state index contributed by atoms with van der Waals surface area (Å²) in [7, 11) is 1.69. The Morgan fingerprint density at radius 2 is 1.94 bits per heavy atom. The summed E-state index contributed by atoms with van der Waals surface area (Å²) in [6, 6.07) is 11.7. The van der Waals surface area contributed by atoms with Gasteiger partial charge in [-0.1, -0.05) is 18.6 Å². The van der Waals surface area contributed by atoms with Gasteiger partial charge in [0.2, 0.25) is 5.95 Å². The molecule has 8 heteroatoms. The predicted molar refractivity (Wildman–Crippen MR) is 134 cm³/mol. The quantitative estimate of drug-likeness (QED) is 0.449. The Balaban J connectivity index is 1.21. The van der Waals surface area contributed by atoms with Gasteiger partial charge in [0.1, 0.15) is 5.75 Å². The Morgan fingerprint density at radius 1 is 1.09 bits per heavy atom. The lowest BCUT2D eigenvalue weighted by molar-refractivity contribution is 0.220. The molecule has 0 radical (unpaired) electrons. The molecule has 1 aliphatic heterocycles. The van der Waals surface area contributed by atoms with Crippen LogP contribution in [0.2, 0.25) is 0 Å². The molecule has 0 saturated carbocycles. The van der Waals surface area contributed by atoms with E-state index in [0.717, 1.165) is 24.3 Å². The second-order valence-corrected chi connectivity index (χ2v) is 8.86. The Kier molecular flexibility index (Phi) is 8.14. The molecule has 0 aliphatic carbocycles. The zero-order valence-corrected chi connectivity index (χ0v) is 19.8. The van der Waals surface area contributed by atoms with E-state index in [9.17, 15) is 9.59 Å². The van der Waals surface area contributed by atoms with Crippen LogP contribution in [0, 0.1) is 0 Å². The van der Waals surface area contributed by atoms with E-state index < -0.39 is 0 Å². The van der Waals surface area contributed by atoms with Crippen molar-refractivity contribution in [3.05, 3.63) is 86.2 Å². The first kappa shape index (κ1) is 23.8. The van der Waals surface area contributed by atoms with E-state index in [4.69, 9.17) is 4.74 Å². The van der Waals surface area contributed by atoms with Crippen molar-refractivity contribution in [1.29, 1.82) is 0 Å². The van der Waals surface area contributed by atoms with Gasteiger partial charge < -0.3 is 14.6 Å². The van der Waals surface area contributed by atoms with Crippen LogP contribution in [0.4, 0.5) is 5.95 Å². The molecule has 0 unspecified atom stereocenters. The second kappa shape index (κ2) is 11.7. The molecule has 1 fully saturated rings. The normalized spacial score (nSPS) is 14.1. The minimum absolute atomic E-state index is 0.101. The molecular weight excluding hydrogens is 430 g/mol. The molecule has 8 nitrogen and oxygen atoms in total. The van der Waals surface area contributed by atoms with Crippen LogP contribution >= 0.6 is 0 Å². The average Bonchev–Trinajstić information content (AvgIpc) is 2.84. The summed E-state index contributed by atoms with van der Waals surface area (Å²) in [5, 5.41) is 3.14. The van der Waals surface area contributed by atoms with Gasteiger partial charge in [-0.3, -0.25) is 19.5 Å². The highest BCUT2D eigenvalue weighted by Gasteiger charge is 2.10. The monoisotopic (exact) mass is 463 g/mol. The molecule has 34 heavy (non-hydrogen) atoms. The molecule has 3 aromatic rings. The summed E-state index contributed by atoms with van der Waals surface area (Å²) in [4.78, 5) is 33.7. The van der Waals surface area contributed by atoms with Gasteiger partial charge in [-0.15, -0.1) is 0 Å². The first-order valence-corrected chi connectivity index (χ1v) is 12.0. The van der Waals surface area contributed by atoms with Crippen LogP contribution in [0.15, 0.2) is 58.4 Å². The Labute approximate surface area is 199 Å². The number of piperidine rings is 1. The van der Waals surface area contributed by atoms with Gasteiger partial charge in [0.25, 0.3) is 11.1 Å². The van der Waals surface area contributed by atoms with E-state index in [1.54, 1.807) is 19.4 Å². The zero-order valence-electron chi connectivity index (χ0n) is 19.8. The number of aryl methyl sites for hydroxylation is 1. The molecule has 1 aliphatic rings. The van der Waals surface area contributed by atoms with Crippen LogP contribution in [0.1, 0.15) is 42.4 Å². The summed E-state index contributed by atoms with van der Waals surface area (Å²) in [5.74, 6) is 1.32. The molecule has 3 heterocycles. The number of hydrogen-bond donors (Lipinski definition) is 2. The van der Waals surface area contributed by atoms with E-state index in [1.807, 2.05) is 12.1 Å². The van der Waals surface area contributed by atoms with E-state index in [0.29, 0.717) is 31.1 Å². The van der Waals surface area contributed by atoms with Crippen molar-refractivity contribution in [2.75, 3.05) is 31.6 Å². The van der Waals surface area contributed by atoms with Crippen molar-refractivity contribution in [3.63, 3.8) is 0 Å². The third-order valence-corrected chi connectivity index (χ3v) is 6.07. The number of nitrogens with zero attached hydrogens (tertiary/aromatic N) is 3. The molecule has 0 bridgehead atoms. The fraction of sp³-hybridized carbons (Fsp3) is 0.423. The lowest BCUT2D eigenvalue weighted by Gasteiger charge is -2.26. The van der Waals surface area contributed by atoms with Crippen molar-refractivity contribution >= 4 is 5.95 Å². The molecule has 1 aromatic carbocycles. The SMILES string of the molecule is Cn1ccc(Cc2cnc(NCCCOc3cccc(CN4CCCCC4)c3)[nH]c2=O)cc1=O. The van der Waals surface area contributed by atoms with Gasteiger partial charge in [-0.25, -0.2) is 4.98 Å². The van der Waals surface area contributed by atoms with E-state index in [2.05, 4.69) is 38.4 Å². The third-order valence-electron chi connectivity index (χ3n) is 6.07. The van der Waals surface area contributed by atoms with Crippen LogP contribution in [0.3, 0.4) is 0 Å². The molecule has 2 N–H and O–H groups in total. The maximum atomic E-state index is 12.4. The molecule has 0 spiro atoms. The topological polar surface area (TPSA) is 92.2 Å². The molecule has 4 rings (SSSR count). The summed E-state index contributed by atoms with van der Waals surface area (Å²) in [6.45, 7) is 4.55. The van der Waals surface area contributed by atoms with Crippen LogP contribution in [-0.2, 0) is 20.0 Å². The first-order chi connectivity index (χ1) is 16.6. The Bertz CT molecular complexity index is 1200. The molecule has 2 aromatic heterocycles. The number of pyridine rings is 1. The first-order valence-electron chi connectivity index (χ1n) is 12.0.